The molecule has 6 aromatic rings. The lowest BCUT2D eigenvalue weighted by atomic mass is 9.99. The largest absolute Gasteiger partial charge is 0.398 e. The van der Waals surface area contributed by atoms with Gasteiger partial charge in [-0.2, -0.15) is 28.8 Å². The molecule has 75 heavy (non-hydrogen) atoms. The number of aromatic amines is 1. The number of anilines is 3. The monoisotopic (exact) mass is 1150 g/mol. The van der Waals surface area contributed by atoms with Crippen LogP contribution in [0.1, 0.15) is 60.8 Å². The number of rotatable bonds is 15. The average Bonchev–Trinajstić information content (AvgIpc) is 4.25. The number of nitrogens with two attached hydrogens (primary N) is 1. The molecule has 25 heteroatoms. The Balaban J connectivity index is 0.000000158. The van der Waals surface area contributed by atoms with Crippen LogP contribution in [0.2, 0.25) is 25.7 Å². The number of H-pyrrole nitrogens is 1. The third-order valence-electron chi connectivity index (χ3n) is 14.6. The molecular formula is C50H75BrN16O5S2Si. The van der Waals surface area contributed by atoms with Crippen molar-refractivity contribution in [3.05, 3.63) is 76.0 Å². The SMILES string of the molecule is CN(C)C1CCN(S(=O)(=O)c2nc(Br)nn2COCC[Si](C)(C)C)CC1.CN(C)C1CCN(S(=O)(=O)c2nc(Nc3c(-c4cnn(C)c4)ccc4c3CCC4)n[nH]2)CC1.Cn1cc(-c2ccc3c(c2N)CCC3)cn1. The molecule has 0 unspecified atom stereocenters. The van der Waals surface area contributed by atoms with Crippen molar-refractivity contribution in [2.75, 3.05) is 72.0 Å². The van der Waals surface area contributed by atoms with Gasteiger partial charge in [0.15, 0.2) is 0 Å². The number of hydrogen-bond donors (Lipinski definition) is 3. The van der Waals surface area contributed by atoms with Crippen LogP contribution < -0.4 is 11.1 Å². The van der Waals surface area contributed by atoms with E-state index in [0.29, 0.717) is 44.9 Å². The number of sulfonamides is 2. The Morgan fingerprint density at radius 1 is 0.760 bits per heavy atom. The molecule has 0 atom stereocenters. The summed E-state index contributed by atoms with van der Waals surface area (Å²) in [5.41, 5.74) is 17.6. The number of nitrogen functional groups attached to an aromatic ring is 1. The van der Waals surface area contributed by atoms with Gasteiger partial charge in [-0.1, -0.05) is 43.9 Å². The fourth-order valence-corrected chi connectivity index (χ4v) is 14.2. The van der Waals surface area contributed by atoms with Gasteiger partial charge in [0.2, 0.25) is 10.7 Å². The van der Waals surface area contributed by atoms with Crippen LogP contribution in [0.4, 0.5) is 17.3 Å². The van der Waals surface area contributed by atoms with Crippen molar-refractivity contribution < 1.29 is 21.6 Å². The molecule has 0 bridgehead atoms. The first-order valence-corrected chi connectivity index (χ1v) is 33.2. The maximum absolute atomic E-state index is 13.1. The summed E-state index contributed by atoms with van der Waals surface area (Å²) in [6.07, 6.45) is 17.5. The first kappa shape index (κ1) is 56.3. The van der Waals surface area contributed by atoms with E-state index in [1.807, 2.05) is 71.8 Å². The second-order valence-corrected chi connectivity index (χ2v) is 31.6. The highest BCUT2D eigenvalue weighted by Crippen LogP contribution is 2.39. The second-order valence-electron chi connectivity index (χ2n) is 21.6. The highest BCUT2D eigenvalue weighted by Gasteiger charge is 2.35. The summed E-state index contributed by atoms with van der Waals surface area (Å²) in [5, 5.41) is 22.6. The number of ether oxygens (including phenoxy) is 1. The first-order valence-electron chi connectivity index (χ1n) is 25.8. The van der Waals surface area contributed by atoms with Gasteiger partial charge in [0.05, 0.1) is 18.1 Å². The van der Waals surface area contributed by atoms with Crippen molar-refractivity contribution in [1.29, 1.82) is 0 Å². The number of aromatic nitrogens is 10. The van der Waals surface area contributed by atoms with Gasteiger partial charge < -0.3 is 25.6 Å². The number of benzene rings is 2. The molecule has 408 valence electrons. The summed E-state index contributed by atoms with van der Waals surface area (Å²) in [4.78, 5) is 12.7. The van der Waals surface area contributed by atoms with Crippen molar-refractivity contribution in [1.82, 2.24) is 67.9 Å². The predicted octanol–water partition coefficient (Wildman–Crippen LogP) is 6.38. The Morgan fingerprint density at radius 3 is 1.84 bits per heavy atom. The van der Waals surface area contributed by atoms with Gasteiger partial charge >= 0.3 is 0 Å². The molecule has 2 aromatic carbocycles. The van der Waals surface area contributed by atoms with Crippen LogP contribution >= 0.6 is 15.9 Å². The molecule has 0 spiro atoms. The van der Waals surface area contributed by atoms with Crippen molar-refractivity contribution in [3.8, 4) is 22.3 Å². The predicted molar refractivity (Wildman–Crippen MR) is 298 cm³/mol. The van der Waals surface area contributed by atoms with E-state index in [0.717, 1.165) is 91.0 Å². The molecule has 4 aromatic heterocycles. The summed E-state index contributed by atoms with van der Waals surface area (Å²) in [6, 6.07) is 10.4. The minimum absolute atomic E-state index is 0.0549. The number of halogens is 1. The van der Waals surface area contributed by atoms with E-state index in [9.17, 15) is 16.8 Å². The van der Waals surface area contributed by atoms with E-state index in [4.69, 9.17) is 10.5 Å². The second kappa shape index (κ2) is 23.8. The maximum atomic E-state index is 13.1. The van der Waals surface area contributed by atoms with E-state index < -0.39 is 28.1 Å². The molecule has 2 aliphatic heterocycles. The lowest BCUT2D eigenvalue weighted by molar-refractivity contribution is 0.0708. The number of fused-ring (bicyclic) bond motifs is 2. The van der Waals surface area contributed by atoms with Crippen molar-refractivity contribution in [2.24, 2.45) is 14.1 Å². The van der Waals surface area contributed by atoms with E-state index in [1.54, 1.807) is 4.68 Å². The number of nitrogens with one attached hydrogen (secondary N) is 2. The van der Waals surface area contributed by atoms with Crippen molar-refractivity contribution in [2.45, 2.75) is 119 Å². The fourth-order valence-electron chi connectivity index (χ4n) is 10.2. The summed E-state index contributed by atoms with van der Waals surface area (Å²) < 4.78 is 66.1. The van der Waals surface area contributed by atoms with E-state index in [2.05, 4.69) is 110 Å². The third kappa shape index (κ3) is 13.5. The molecule has 6 heterocycles. The zero-order chi connectivity index (χ0) is 53.8. The third-order valence-corrected chi connectivity index (χ3v) is 20.2. The zero-order valence-corrected chi connectivity index (χ0v) is 49.1. The van der Waals surface area contributed by atoms with E-state index in [1.165, 1.54) is 48.4 Å². The fraction of sp³-hybridized carbons (Fsp3) is 0.560. The normalized spacial score (nSPS) is 17.0. The molecule has 4 N–H and O–H groups in total. The molecule has 2 aliphatic carbocycles. The number of aryl methyl sites for hydroxylation is 4. The maximum Gasteiger partial charge on any atom is 0.278 e. The molecule has 10 rings (SSSR count). The Morgan fingerprint density at radius 2 is 1.29 bits per heavy atom. The number of piperidine rings is 2. The smallest absolute Gasteiger partial charge is 0.278 e. The minimum atomic E-state index is -3.72. The Labute approximate surface area is 451 Å². The first-order chi connectivity index (χ1) is 35.6. The lowest BCUT2D eigenvalue weighted by Gasteiger charge is -2.34. The van der Waals surface area contributed by atoms with Crippen LogP contribution in [-0.2, 0) is 71.3 Å². The topological polar surface area (TPSA) is 236 Å². The van der Waals surface area contributed by atoms with Gasteiger partial charge in [0, 0.05) is 107 Å². The Hall–Kier alpha value is -4.86. The van der Waals surface area contributed by atoms with E-state index in [-0.39, 0.29) is 27.7 Å². The van der Waals surface area contributed by atoms with Crippen LogP contribution in [0.5, 0.6) is 0 Å². The van der Waals surface area contributed by atoms with Gasteiger partial charge in [0.25, 0.3) is 30.4 Å². The molecule has 2 saturated heterocycles. The van der Waals surface area contributed by atoms with Gasteiger partial charge in [-0.05, 0) is 137 Å². The van der Waals surface area contributed by atoms with Crippen LogP contribution in [-0.4, -0.2) is 166 Å². The van der Waals surface area contributed by atoms with Crippen molar-refractivity contribution >= 4 is 61.4 Å². The zero-order valence-electron chi connectivity index (χ0n) is 44.9. The minimum Gasteiger partial charge on any atom is -0.398 e. The van der Waals surface area contributed by atoms with Gasteiger partial charge in [-0.15, -0.1) is 10.2 Å². The highest BCUT2D eigenvalue weighted by atomic mass is 79.9. The van der Waals surface area contributed by atoms with Crippen LogP contribution in [0.25, 0.3) is 22.3 Å². The summed E-state index contributed by atoms with van der Waals surface area (Å²) in [5.74, 6) is 0.252. The van der Waals surface area contributed by atoms with E-state index >= 15 is 0 Å². The molecule has 4 aliphatic rings. The Bertz CT molecular complexity index is 3130. The molecular weight excluding hydrogens is 1080 g/mol. The van der Waals surface area contributed by atoms with Crippen molar-refractivity contribution in [3.63, 3.8) is 0 Å². The lowest BCUT2D eigenvalue weighted by Crippen LogP contribution is -2.45. The summed E-state index contributed by atoms with van der Waals surface area (Å²) >= 11 is 3.19. The van der Waals surface area contributed by atoms with Gasteiger partial charge in [0.1, 0.15) is 6.73 Å². The summed E-state index contributed by atoms with van der Waals surface area (Å²) in [6.45, 7) is 9.45. The van der Waals surface area contributed by atoms with Gasteiger partial charge in [-0.25, -0.2) is 26.6 Å². The standard InChI is InChI=1S/C22H30N8O2S.C15H30BrN5O3SSi.C13H15N3/c1-28(2)17-9-11-30(12-10-17)33(31,32)22-25-21(26-27-22)24-20-18-6-4-5-15(18)7-8-19(20)16-13-23-29(3)14-16;1-19(2)13-6-8-20(9-7-13)25(22,23)15-17-14(16)18-21(15)12-24-10-11-26(3,4)5;1-16-8-10(7-15-16)12-6-5-9-3-2-4-11(9)13(12)14/h7-8,13-14,17H,4-6,9-12H2,1-3H3,(H2,24,25,26,27);13H,6-12H2,1-5H3;5-8H,2-4,14H2,1H3. The highest BCUT2D eigenvalue weighted by molar-refractivity contribution is 9.10. The quantitative estimate of drug-likeness (QED) is 0.0575. The Kier molecular flexibility index (Phi) is 17.9. The number of hydrogen-bond acceptors (Lipinski definition) is 15. The molecule has 0 saturated carbocycles. The van der Waals surface area contributed by atoms with Gasteiger partial charge in [-0.3, -0.25) is 9.36 Å². The van der Waals surface area contributed by atoms with Crippen LogP contribution in [0.15, 0.2) is 64.1 Å². The average molecular weight is 1150 g/mol. The summed E-state index contributed by atoms with van der Waals surface area (Å²) in [7, 11) is 3.33. The molecule has 2 fully saturated rings. The molecule has 0 radical (unpaired) electrons. The molecule has 0 amide bonds. The number of nitrogens with zero attached hydrogens (tertiary/aromatic N) is 13. The van der Waals surface area contributed by atoms with Crippen LogP contribution in [0.3, 0.4) is 0 Å². The molecule has 21 nitrogen and oxygen atoms in total. The van der Waals surface area contributed by atoms with Crippen LogP contribution in [0, 0.1) is 0 Å².